The summed E-state index contributed by atoms with van der Waals surface area (Å²) < 4.78 is 27.4. The highest BCUT2D eigenvalue weighted by molar-refractivity contribution is 7.90. The second-order valence-corrected chi connectivity index (χ2v) is 6.50. The van der Waals surface area contributed by atoms with Crippen LogP contribution in [0.3, 0.4) is 0 Å². The topological polar surface area (TPSA) is 102 Å². The number of aromatic nitrogens is 2. The molecule has 8 heteroatoms. The predicted molar refractivity (Wildman–Crippen MR) is 74.6 cm³/mol. The smallest absolute Gasteiger partial charge is 0.335 e. The van der Waals surface area contributed by atoms with Crippen molar-refractivity contribution in [3.63, 3.8) is 0 Å². The monoisotopic (exact) mass is 309 g/mol. The van der Waals surface area contributed by atoms with E-state index in [9.17, 15) is 13.2 Å². The van der Waals surface area contributed by atoms with Gasteiger partial charge in [-0.15, -0.1) is 5.10 Å². The Morgan fingerprint density at radius 3 is 2.71 bits per heavy atom. The Kier molecular flexibility index (Phi) is 4.37. The van der Waals surface area contributed by atoms with E-state index in [1.54, 1.807) is 18.2 Å². The zero-order valence-corrected chi connectivity index (χ0v) is 12.5. The number of sulfone groups is 1. The van der Waals surface area contributed by atoms with Crippen LogP contribution >= 0.6 is 0 Å². The number of nitrogens with zero attached hydrogens (tertiary/aromatic N) is 2. The molecule has 0 fully saturated rings. The third kappa shape index (κ3) is 4.12. The molecule has 0 atom stereocenters. The van der Waals surface area contributed by atoms with Gasteiger partial charge < -0.3 is 9.73 Å². The first kappa shape index (κ1) is 15.2. The maximum absolute atomic E-state index is 11.9. The molecule has 0 saturated carbocycles. The maximum atomic E-state index is 11.9. The van der Waals surface area contributed by atoms with Gasteiger partial charge in [-0.25, -0.2) is 8.42 Å². The van der Waals surface area contributed by atoms with Crippen molar-refractivity contribution in [2.24, 2.45) is 0 Å². The van der Waals surface area contributed by atoms with Gasteiger partial charge in [0.25, 0.3) is 5.91 Å². The first-order valence-corrected chi connectivity index (χ1v) is 8.13. The number of aryl methyl sites for hydroxylation is 1. The van der Waals surface area contributed by atoms with E-state index in [-0.39, 0.29) is 24.8 Å². The van der Waals surface area contributed by atoms with Gasteiger partial charge in [-0.05, 0) is 19.1 Å². The summed E-state index contributed by atoms with van der Waals surface area (Å²) in [6.07, 6.45) is 1.25. The average Bonchev–Trinajstić information content (AvgIpc) is 2.87. The lowest BCUT2D eigenvalue weighted by Crippen LogP contribution is -2.25. The summed E-state index contributed by atoms with van der Waals surface area (Å²) in [5, 5.41) is 9.35. The molecule has 0 unspecified atom stereocenters. The van der Waals surface area contributed by atoms with Crippen molar-refractivity contribution in [1.82, 2.24) is 15.5 Å². The van der Waals surface area contributed by atoms with Gasteiger partial charge in [0.2, 0.25) is 15.7 Å². The second-order valence-electron chi connectivity index (χ2n) is 4.61. The zero-order chi connectivity index (χ0) is 15.5. The Labute approximate surface area is 122 Å². The summed E-state index contributed by atoms with van der Waals surface area (Å²) in [5.41, 5.74) is 1.56. The molecule has 1 heterocycles. The number of amides is 1. The molecule has 0 radical (unpaired) electrons. The Morgan fingerprint density at radius 2 is 2.10 bits per heavy atom. The van der Waals surface area contributed by atoms with Crippen molar-refractivity contribution >= 4 is 15.7 Å². The van der Waals surface area contributed by atoms with Crippen LogP contribution in [0.5, 0.6) is 0 Å². The number of carbonyl (C=O) groups excluding carboxylic acids is 1. The van der Waals surface area contributed by atoms with Gasteiger partial charge in [0.1, 0.15) is 0 Å². The van der Waals surface area contributed by atoms with Gasteiger partial charge in [-0.3, -0.25) is 4.79 Å². The predicted octanol–water partition coefficient (Wildman–Crippen LogP) is 0.754. The largest absolute Gasteiger partial charge is 0.412 e. The lowest BCUT2D eigenvalue weighted by Gasteiger charge is -2.04. The molecule has 7 nitrogen and oxygen atoms in total. The molecular formula is C13H15N3O4S. The van der Waals surface area contributed by atoms with Crippen LogP contribution in [0.2, 0.25) is 0 Å². The molecule has 1 N–H and O–H groups in total. The fourth-order valence-corrected chi connectivity index (χ4v) is 2.10. The van der Waals surface area contributed by atoms with Crippen LogP contribution in [0.15, 0.2) is 33.9 Å². The van der Waals surface area contributed by atoms with Gasteiger partial charge in [0, 0.05) is 24.8 Å². The van der Waals surface area contributed by atoms with E-state index < -0.39 is 15.1 Å². The molecule has 0 saturated heterocycles. The summed E-state index contributed by atoms with van der Waals surface area (Å²) in [7, 11) is -3.50. The second kappa shape index (κ2) is 6.04. The minimum Gasteiger partial charge on any atom is -0.412 e. The standard InChI is InChI=1S/C13H15N3O4S/c1-9-4-3-5-10(8-9)12(17)14-7-6-11-15-16-13(20-11)21(2,18)19/h3-5,8H,6-7H2,1-2H3,(H,14,17). The molecule has 21 heavy (non-hydrogen) atoms. The highest BCUT2D eigenvalue weighted by atomic mass is 32.2. The summed E-state index contributed by atoms with van der Waals surface area (Å²) >= 11 is 0. The number of nitrogens with one attached hydrogen (secondary N) is 1. The molecule has 0 spiro atoms. The summed E-state index contributed by atoms with van der Waals surface area (Å²) in [5.74, 6) is -0.0403. The van der Waals surface area contributed by atoms with Crippen LogP contribution in [-0.2, 0) is 16.3 Å². The fraction of sp³-hybridized carbons (Fsp3) is 0.308. The van der Waals surface area contributed by atoms with Crippen LogP contribution in [-0.4, -0.2) is 37.3 Å². The maximum Gasteiger partial charge on any atom is 0.335 e. The molecule has 2 rings (SSSR count). The molecule has 0 aliphatic heterocycles. The molecule has 2 aromatic rings. The summed E-state index contributed by atoms with van der Waals surface area (Å²) in [6, 6.07) is 7.21. The Morgan fingerprint density at radius 1 is 1.33 bits per heavy atom. The van der Waals surface area contributed by atoms with Gasteiger partial charge in [0.05, 0.1) is 0 Å². The van der Waals surface area contributed by atoms with Crippen LogP contribution in [0.25, 0.3) is 0 Å². The van der Waals surface area contributed by atoms with Crippen molar-refractivity contribution in [3.05, 3.63) is 41.3 Å². The molecule has 0 aliphatic carbocycles. The van der Waals surface area contributed by atoms with Crippen LogP contribution in [0.4, 0.5) is 0 Å². The van der Waals surface area contributed by atoms with Crippen molar-refractivity contribution in [1.29, 1.82) is 0 Å². The van der Waals surface area contributed by atoms with E-state index in [0.29, 0.717) is 5.56 Å². The van der Waals surface area contributed by atoms with Crippen molar-refractivity contribution in [2.45, 2.75) is 18.6 Å². The third-order valence-corrected chi connectivity index (χ3v) is 3.47. The van der Waals surface area contributed by atoms with Gasteiger partial charge in [-0.1, -0.05) is 22.8 Å². The van der Waals surface area contributed by atoms with Crippen molar-refractivity contribution in [2.75, 3.05) is 12.8 Å². The molecule has 112 valence electrons. The van der Waals surface area contributed by atoms with Crippen LogP contribution < -0.4 is 5.32 Å². The van der Waals surface area contributed by atoms with Gasteiger partial charge in [-0.2, -0.15) is 0 Å². The Balaban J connectivity index is 1.90. The summed E-state index contributed by atoms with van der Waals surface area (Å²) in [4.78, 5) is 11.9. The number of rotatable bonds is 5. The minimum atomic E-state index is -3.50. The van der Waals surface area contributed by atoms with Gasteiger partial charge >= 0.3 is 5.22 Å². The zero-order valence-electron chi connectivity index (χ0n) is 11.7. The SMILES string of the molecule is Cc1cccc(C(=O)NCCc2nnc(S(C)(=O)=O)o2)c1. The number of hydrogen-bond acceptors (Lipinski definition) is 6. The lowest BCUT2D eigenvalue weighted by atomic mass is 10.1. The minimum absolute atomic E-state index is 0.167. The fourth-order valence-electron chi connectivity index (χ4n) is 1.66. The van der Waals surface area contributed by atoms with Crippen LogP contribution in [0, 0.1) is 6.92 Å². The number of carbonyl (C=O) groups is 1. The van der Waals surface area contributed by atoms with Gasteiger partial charge in [0.15, 0.2) is 0 Å². The highest BCUT2D eigenvalue weighted by Crippen LogP contribution is 2.07. The lowest BCUT2D eigenvalue weighted by molar-refractivity contribution is 0.0953. The number of hydrogen-bond donors (Lipinski definition) is 1. The number of benzene rings is 1. The molecule has 0 bridgehead atoms. The first-order valence-electron chi connectivity index (χ1n) is 6.23. The van der Waals surface area contributed by atoms with E-state index in [0.717, 1.165) is 11.8 Å². The highest BCUT2D eigenvalue weighted by Gasteiger charge is 2.16. The van der Waals surface area contributed by atoms with E-state index in [1.807, 2.05) is 13.0 Å². The van der Waals surface area contributed by atoms with Crippen LogP contribution in [0.1, 0.15) is 21.8 Å². The quantitative estimate of drug-likeness (QED) is 0.874. The van der Waals surface area contributed by atoms with E-state index >= 15 is 0 Å². The Hall–Kier alpha value is -2.22. The van der Waals surface area contributed by atoms with Crippen molar-refractivity contribution in [3.8, 4) is 0 Å². The Bertz CT molecular complexity index is 752. The third-order valence-electron chi connectivity index (χ3n) is 2.67. The molecule has 1 aromatic carbocycles. The average molecular weight is 309 g/mol. The molecule has 0 aliphatic rings. The summed E-state index contributed by atoms with van der Waals surface area (Å²) in [6.45, 7) is 2.18. The van der Waals surface area contributed by atoms with E-state index in [1.165, 1.54) is 0 Å². The van der Waals surface area contributed by atoms with E-state index in [2.05, 4.69) is 15.5 Å². The van der Waals surface area contributed by atoms with Crippen molar-refractivity contribution < 1.29 is 17.6 Å². The normalized spacial score (nSPS) is 11.3. The molecule has 1 amide bonds. The molecular weight excluding hydrogens is 294 g/mol. The molecule has 1 aromatic heterocycles. The van der Waals surface area contributed by atoms with E-state index in [4.69, 9.17) is 4.42 Å². The first-order chi connectivity index (χ1) is 9.86.